The van der Waals surface area contributed by atoms with Crippen molar-refractivity contribution in [3.8, 4) is 0 Å². The minimum atomic E-state index is -2.22. The number of hydrogen-bond acceptors (Lipinski definition) is 4. The Kier molecular flexibility index (Phi) is 9.71. The molecule has 0 radical (unpaired) electrons. The number of unbranched alkanes of at least 4 members (excludes halogenated alkanes) is 1. The van der Waals surface area contributed by atoms with Gasteiger partial charge in [0, 0.05) is 13.2 Å². The summed E-state index contributed by atoms with van der Waals surface area (Å²) in [6.07, 6.45) is 2.18. The summed E-state index contributed by atoms with van der Waals surface area (Å²) in [6, 6.07) is 1.02. The van der Waals surface area contributed by atoms with Crippen LogP contribution in [-0.2, 0) is 17.1 Å². The molecule has 0 amide bonds. The molecular weight excluding hydrogens is 357 g/mol. The highest BCUT2D eigenvalue weighted by Gasteiger charge is 2.43. The fraction of sp³-hybridized carbons (Fsp3) is 1.00. The first-order valence-corrected chi connectivity index (χ1v) is 21.0. The molecule has 0 fully saturated rings. The van der Waals surface area contributed by atoms with Crippen molar-refractivity contribution in [2.75, 3.05) is 13.2 Å². The van der Waals surface area contributed by atoms with Crippen LogP contribution in [0.4, 0.5) is 0 Å². The monoisotopic (exact) mass is 396 g/mol. The molecule has 0 aliphatic rings. The molecule has 140 valence electrons. The first-order valence-electron chi connectivity index (χ1n) is 8.86. The van der Waals surface area contributed by atoms with Crippen LogP contribution >= 0.6 is 0 Å². The molecule has 0 aliphatic heterocycles. The van der Waals surface area contributed by atoms with E-state index < -0.39 is 33.8 Å². The van der Waals surface area contributed by atoms with Crippen LogP contribution < -0.4 is 0 Å². The van der Waals surface area contributed by atoms with Gasteiger partial charge in [0.2, 0.25) is 0 Å². The predicted octanol–water partition coefficient (Wildman–Crippen LogP) is 5.30. The standard InChI is InChI=1S/C15H40O4Si4/c1-11-16-14-12-13-15-23(10,18-21(5,6)7)19-22(8,9)17-20(2,3)4/h11-15H2,1-10H3. The first kappa shape index (κ1) is 23.7. The average molecular weight is 397 g/mol. The lowest BCUT2D eigenvalue weighted by molar-refractivity contribution is 0.144. The molecule has 0 aromatic carbocycles. The smallest absolute Gasteiger partial charge is 0.315 e. The molecule has 0 aromatic rings. The zero-order valence-corrected chi connectivity index (χ0v) is 21.2. The maximum Gasteiger partial charge on any atom is 0.315 e. The van der Waals surface area contributed by atoms with E-state index in [2.05, 4.69) is 58.9 Å². The van der Waals surface area contributed by atoms with Crippen LogP contribution in [0.15, 0.2) is 0 Å². The molecule has 0 bridgehead atoms. The highest BCUT2D eigenvalue weighted by Crippen LogP contribution is 2.28. The van der Waals surface area contributed by atoms with Gasteiger partial charge in [0.1, 0.15) is 0 Å². The minimum Gasteiger partial charge on any atom is -0.437 e. The Bertz CT molecular complexity index is 339. The fourth-order valence-corrected chi connectivity index (χ4v) is 20.9. The van der Waals surface area contributed by atoms with Crippen LogP contribution in [0.5, 0.6) is 0 Å². The first-order chi connectivity index (χ1) is 10.2. The van der Waals surface area contributed by atoms with E-state index in [1.165, 1.54) is 0 Å². The molecule has 1 atom stereocenters. The summed E-state index contributed by atoms with van der Waals surface area (Å²) in [4.78, 5) is 0. The van der Waals surface area contributed by atoms with Crippen molar-refractivity contribution in [1.82, 2.24) is 0 Å². The predicted molar refractivity (Wildman–Crippen MR) is 110 cm³/mol. The van der Waals surface area contributed by atoms with Crippen molar-refractivity contribution in [1.29, 1.82) is 0 Å². The quantitative estimate of drug-likeness (QED) is 0.331. The van der Waals surface area contributed by atoms with Crippen LogP contribution in [-0.4, -0.2) is 47.0 Å². The molecule has 0 N–H and O–H groups in total. The third kappa shape index (κ3) is 13.7. The Balaban J connectivity index is 4.84. The van der Waals surface area contributed by atoms with Crippen molar-refractivity contribution >= 4 is 33.8 Å². The maximum absolute atomic E-state index is 6.65. The molecule has 0 aliphatic carbocycles. The van der Waals surface area contributed by atoms with Gasteiger partial charge in [0.05, 0.1) is 0 Å². The van der Waals surface area contributed by atoms with Gasteiger partial charge in [-0.05, 0) is 84.7 Å². The Hall–Kier alpha value is 0.708. The van der Waals surface area contributed by atoms with Crippen LogP contribution in [0.3, 0.4) is 0 Å². The van der Waals surface area contributed by atoms with Gasteiger partial charge < -0.3 is 17.1 Å². The second kappa shape index (κ2) is 9.42. The zero-order valence-electron chi connectivity index (χ0n) is 17.2. The summed E-state index contributed by atoms with van der Waals surface area (Å²) in [6.45, 7) is 23.7. The normalized spacial score (nSPS) is 16.4. The second-order valence-corrected chi connectivity index (χ2v) is 25.2. The third-order valence-corrected chi connectivity index (χ3v) is 16.5. The number of rotatable bonds is 12. The fourth-order valence-electron chi connectivity index (χ4n) is 2.84. The van der Waals surface area contributed by atoms with Gasteiger partial charge in [-0.25, -0.2) is 0 Å². The van der Waals surface area contributed by atoms with E-state index in [1.54, 1.807) is 0 Å². The van der Waals surface area contributed by atoms with E-state index in [9.17, 15) is 0 Å². The van der Waals surface area contributed by atoms with Crippen molar-refractivity contribution < 1.29 is 17.1 Å². The van der Waals surface area contributed by atoms with Crippen LogP contribution in [0.1, 0.15) is 19.8 Å². The zero-order chi connectivity index (χ0) is 18.4. The highest BCUT2D eigenvalue weighted by atomic mass is 28.5. The molecule has 0 spiro atoms. The minimum absolute atomic E-state index is 0.792. The summed E-state index contributed by atoms with van der Waals surface area (Å²) >= 11 is 0. The summed E-state index contributed by atoms with van der Waals surface area (Å²) < 4.78 is 25.0. The summed E-state index contributed by atoms with van der Waals surface area (Å²) in [7, 11) is -7.62. The Labute approximate surface area is 149 Å². The molecule has 0 saturated heterocycles. The van der Waals surface area contributed by atoms with Crippen molar-refractivity contribution in [3.05, 3.63) is 0 Å². The number of ether oxygens (including phenoxy) is 1. The molecule has 1 unspecified atom stereocenters. The molecule has 0 heterocycles. The topological polar surface area (TPSA) is 36.9 Å². The molecule has 0 saturated carbocycles. The van der Waals surface area contributed by atoms with Gasteiger partial charge in [-0.15, -0.1) is 0 Å². The second-order valence-electron chi connectivity index (χ2n) is 8.72. The van der Waals surface area contributed by atoms with E-state index in [1.807, 2.05) is 6.92 Å². The van der Waals surface area contributed by atoms with E-state index in [0.717, 1.165) is 32.1 Å². The Morgan fingerprint density at radius 3 is 1.61 bits per heavy atom. The van der Waals surface area contributed by atoms with Gasteiger partial charge in [-0.1, -0.05) is 0 Å². The Morgan fingerprint density at radius 1 is 0.652 bits per heavy atom. The van der Waals surface area contributed by atoms with Gasteiger partial charge >= 0.3 is 17.1 Å². The molecule has 4 nitrogen and oxygen atoms in total. The third-order valence-electron chi connectivity index (χ3n) is 2.91. The van der Waals surface area contributed by atoms with Crippen LogP contribution in [0.25, 0.3) is 0 Å². The van der Waals surface area contributed by atoms with E-state index in [0.29, 0.717) is 0 Å². The molecular formula is C15H40O4Si4. The van der Waals surface area contributed by atoms with Crippen LogP contribution in [0, 0.1) is 0 Å². The van der Waals surface area contributed by atoms with Crippen LogP contribution in [0.2, 0.25) is 65.0 Å². The average Bonchev–Trinajstić information content (AvgIpc) is 2.20. The maximum atomic E-state index is 6.65. The van der Waals surface area contributed by atoms with Gasteiger partial charge in [-0.2, -0.15) is 0 Å². The Morgan fingerprint density at radius 2 is 1.17 bits per heavy atom. The SMILES string of the molecule is CCOCCCC[Si](C)(O[Si](C)(C)C)O[Si](C)(C)O[Si](C)(C)C. The van der Waals surface area contributed by atoms with Crippen molar-refractivity contribution in [3.63, 3.8) is 0 Å². The molecule has 0 aromatic heterocycles. The van der Waals surface area contributed by atoms with Crippen molar-refractivity contribution in [2.45, 2.75) is 84.7 Å². The summed E-state index contributed by atoms with van der Waals surface area (Å²) in [5, 5.41) is 0. The van der Waals surface area contributed by atoms with E-state index in [-0.39, 0.29) is 0 Å². The van der Waals surface area contributed by atoms with E-state index >= 15 is 0 Å². The van der Waals surface area contributed by atoms with Gasteiger partial charge in [-0.3, -0.25) is 0 Å². The lowest BCUT2D eigenvalue weighted by atomic mass is 10.4. The largest absolute Gasteiger partial charge is 0.437 e. The lowest BCUT2D eigenvalue weighted by Gasteiger charge is -2.41. The lowest BCUT2D eigenvalue weighted by Crippen LogP contribution is -2.56. The molecule has 8 heteroatoms. The number of hydrogen-bond donors (Lipinski definition) is 0. The van der Waals surface area contributed by atoms with Crippen molar-refractivity contribution in [2.24, 2.45) is 0 Å². The van der Waals surface area contributed by atoms with E-state index in [4.69, 9.17) is 17.1 Å². The molecule has 0 rings (SSSR count). The van der Waals surface area contributed by atoms with Gasteiger partial charge in [0.15, 0.2) is 16.6 Å². The highest BCUT2D eigenvalue weighted by molar-refractivity contribution is 6.89. The summed E-state index contributed by atoms with van der Waals surface area (Å²) in [5.74, 6) is 0. The summed E-state index contributed by atoms with van der Waals surface area (Å²) in [5.41, 5.74) is 0. The van der Waals surface area contributed by atoms with Gasteiger partial charge in [0.25, 0.3) is 0 Å². The molecule has 23 heavy (non-hydrogen) atoms.